The molecule has 6 heteroatoms. The Labute approximate surface area is 143 Å². The van der Waals surface area contributed by atoms with Gasteiger partial charge in [-0.3, -0.25) is 14.2 Å². The van der Waals surface area contributed by atoms with E-state index in [2.05, 4.69) is 9.97 Å². The van der Waals surface area contributed by atoms with E-state index in [1.54, 1.807) is 11.9 Å². The maximum absolute atomic E-state index is 12.7. The van der Waals surface area contributed by atoms with Crippen molar-refractivity contribution in [1.29, 1.82) is 0 Å². The molecule has 0 saturated carbocycles. The van der Waals surface area contributed by atoms with Crippen LogP contribution in [0.25, 0.3) is 16.0 Å². The summed E-state index contributed by atoms with van der Waals surface area (Å²) in [6.07, 6.45) is 1.96. The summed E-state index contributed by atoms with van der Waals surface area (Å²) >= 11 is 1.43. The average Bonchev–Trinajstić information content (AvgIpc) is 3.12. The molecule has 0 aromatic carbocycles. The summed E-state index contributed by atoms with van der Waals surface area (Å²) in [6, 6.07) is 13.6. The number of imidazole rings is 1. The lowest BCUT2D eigenvalue weighted by Gasteiger charge is -2.15. The maximum atomic E-state index is 12.7. The Kier molecular flexibility index (Phi) is 3.54. The number of thiophene rings is 1. The van der Waals surface area contributed by atoms with Gasteiger partial charge in [-0.05, 0) is 37.3 Å². The fourth-order valence-electron chi connectivity index (χ4n) is 2.75. The molecule has 0 radical (unpaired) electrons. The molecule has 4 heterocycles. The first kappa shape index (κ1) is 14.8. The van der Waals surface area contributed by atoms with Gasteiger partial charge in [0.25, 0.3) is 5.91 Å². The topological polar surface area (TPSA) is 50.5 Å². The van der Waals surface area contributed by atoms with Crippen LogP contribution in [0.3, 0.4) is 0 Å². The van der Waals surface area contributed by atoms with Crippen molar-refractivity contribution in [2.45, 2.75) is 13.5 Å². The second-order valence-corrected chi connectivity index (χ2v) is 6.80. The number of nitrogens with zero attached hydrogens (tertiary/aromatic N) is 4. The summed E-state index contributed by atoms with van der Waals surface area (Å²) in [5, 5.41) is 0. The third-order valence-electron chi connectivity index (χ3n) is 3.91. The van der Waals surface area contributed by atoms with Gasteiger partial charge in [0, 0.05) is 18.9 Å². The molecule has 4 aromatic rings. The van der Waals surface area contributed by atoms with E-state index in [1.807, 2.05) is 60.0 Å². The van der Waals surface area contributed by atoms with Crippen molar-refractivity contribution in [2.75, 3.05) is 7.05 Å². The van der Waals surface area contributed by atoms with E-state index in [0.29, 0.717) is 11.4 Å². The van der Waals surface area contributed by atoms with Gasteiger partial charge in [-0.15, -0.1) is 11.3 Å². The first-order valence-electron chi connectivity index (χ1n) is 7.66. The lowest BCUT2D eigenvalue weighted by Crippen LogP contribution is -2.25. The van der Waals surface area contributed by atoms with Crippen LogP contribution in [0.4, 0.5) is 0 Å². The van der Waals surface area contributed by atoms with E-state index in [0.717, 1.165) is 27.4 Å². The molecule has 0 N–H and O–H groups in total. The molecule has 5 nitrogen and oxygen atoms in total. The number of aryl methyl sites for hydroxylation is 1. The van der Waals surface area contributed by atoms with Gasteiger partial charge in [0.05, 0.1) is 22.6 Å². The monoisotopic (exact) mass is 336 g/mol. The highest BCUT2D eigenvalue weighted by Crippen LogP contribution is 2.27. The number of hydrogen-bond acceptors (Lipinski definition) is 4. The number of amides is 1. The number of carbonyl (C=O) groups is 1. The van der Waals surface area contributed by atoms with Crippen LogP contribution in [-0.4, -0.2) is 32.2 Å². The van der Waals surface area contributed by atoms with Crippen LogP contribution < -0.4 is 0 Å². The van der Waals surface area contributed by atoms with Gasteiger partial charge in [0.1, 0.15) is 10.5 Å². The van der Waals surface area contributed by atoms with Crippen molar-refractivity contribution in [3.8, 4) is 0 Å². The van der Waals surface area contributed by atoms with Crippen LogP contribution in [0, 0.1) is 6.92 Å². The van der Waals surface area contributed by atoms with Gasteiger partial charge >= 0.3 is 0 Å². The quantitative estimate of drug-likeness (QED) is 0.575. The number of carbonyl (C=O) groups excluding carboxylic acids is 1. The van der Waals surface area contributed by atoms with E-state index < -0.39 is 0 Å². The molecule has 0 fully saturated rings. The number of hydrogen-bond donors (Lipinski definition) is 0. The molecule has 4 aromatic heterocycles. The molecule has 0 atom stereocenters. The Morgan fingerprint density at radius 1 is 1.21 bits per heavy atom. The van der Waals surface area contributed by atoms with Crippen LogP contribution in [-0.2, 0) is 6.54 Å². The summed E-state index contributed by atoms with van der Waals surface area (Å²) in [5.41, 5.74) is 3.71. The Morgan fingerprint density at radius 3 is 2.92 bits per heavy atom. The van der Waals surface area contributed by atoms with E-state index >= 15 is 0 Å². The van der Waals surface area contributed by atoms with Gasteiger partial charge in [-0.2, -0.15) is 0 Å². The number of fused-ring (bicyclic) bond motifs is 3. The second kappa shape index (κ2) is 5.72. The maximum Gasteiger partial charge on any atom is 0.264 e. The molecule has 0 bridgehead atoms. The zero-order valence-corrected chi connectivity index (χ0v) is 14.2. The van der Waals surface area contributed by atoms with Crippen LogP contribution in [0.15, 0.2) is 48.7 Å². The summed E-state index contributed by atoms with van der Waals surface area (Å²) in [7, 11) is 1.80. The highest BCUT2D eigenvalue weighted by molar-refractivity contribution is 7.20. The first-order valence-corrected chi connectivity index (χ1v) is 8.48. The van der Waals surface area contributed by atoms with Crippen molar-refractivity contribution >= 4 is 33.2 Å². The smallest absolute Gasteiger partial charge is 0.264 e. The fourth-order valence-corrected chi connectivity index (χ4v) is 3.78. The lowest BCUT2D eigenvalue weighted by atomic mass is 10.3. The summed E-state index contributed by atoms with van der Waals surface area (Å²) in [6.45, 7) is 2.44. The molecular weight excluding hydrogens is 320 g/mol. The fraction of sp³-hybridized carbons (Fsp3) is 0.167. The zero-order chi connectivity index (χ0) is 16.7. The predicted octanol–water partition coefficient (Wildman–Crippen LogP) is 3.52. The van der Waals surface area contributed by atoms with Crippen LogP contribution in [0.2, 0.25) is 0 Å². The highest BCUT2D eigenvalue weighted by Gasteiger charge is 2.18. The molecule has 0 aliphatic carbocycles. The average molecular weight is 336 g/mol. The highest BCUT2D eigenvalue weighted by atomic mass is 32.1. The largest absolute Gasteiger partial charge is 0.335 e. The Bertz CT molecular complexity index is 1050. The molecule has 0 unspecified atom stereocenters. The van der Waals surface area contributed by atoms with Crippen molar-refractivity contribution in [3.05, 3.63) is 64.9 Å². The van der Waals surface area contributed by atoms with Gasteiger partial charge in [-0.25, -0.2) is 4.98 Å². The normalized spacial score (nSPS) is 11.2. The summed E-state index contributed by atoms with van der Waals surface area (Å²) in [5.74, 6) is -0.00835. The molecular formula is C18H16N4OS. The minimum absolute atomic E-state index is 0.00835. The Hall–Kier alpha value is -2.73. The zero-order valence-electron chi connectivity index (χ0n) is 13.4. The van der Waals surface area contributed by atoms with Gasteiger partial charge in [-0.1, -0.05) is 12.1 Å². The van der Waals surface area contributed by atoms with Gasteiger partial charge < -0.3 is 4.90 Å². The van der Waals surface area contributed by atoms with Crippen molar-refractivity contribution in [2.24, 2.45) is 0 Å². The van der Waals surface area contributed by atoms with Gasteiger partial charge in [0.2, 0.25) is 0 Å². The van der Waals surface area contributed by atoms with Crippen molar-refractivity contribution < 1.29 is 4.79 Å². The second-order valence-electron chi connectivity index (χ2n) is 5.77. The van der Waals surface area contributed by atoms with E-state index in [1.165, 1.54) is 11.3 Å². The standard InChI is InChI=1S/C18H16N4OS/c1-12-6-5-7-13(19-12)11-21(2)18(23)15-10-14-17(24-15)20-16-8-3-4-9-22(14)16/h3-10H,11H2,1-2H3. The van der Waals surface area contributed by atoms with E-state index in [-0.39, 0.29) is 5.91 Å². The molecule has 0 spiro atoms. The summed E-state index contributed by atoms with van der Waals surface area (Å²) in [4.78, 5) is 25.0. The Morgan fingerprint density at radius 2 is 2.08 bits per heavy atom. The third kappa shape index (κ3) is 2.55. The number of aromatic nitrogens is 3. The van der Waals surface area contributed by atoms with Crippen LogP contribution in [0.5, 0.6) is 0 Å². The molecule has 0 saturated heterocycles. The first-order chi connectivity index (χ1) is 11.6. The Balaban J connectivity index is 1.62. The van der Waals surface area contributed by atoms with Crippen LogP contribution >= 0.6 is 11.3 Å². The van der Waals surface area contributed by atoms with E-state index in [4.69, 9.17) is 0 Å². The van der Waals surface area contributed by atoms with Gasteiger partial charge in [0.15, 0.2) is 0 Å². The number of pyridine rings is 2. The third-order valence-corrected chi connectivity index (χ3v) is 4.92. The minimum atomic E-state index is -0.00835. The number of rotatable bonds is 3. The lowest BCUT2D eigenvalue weighted by molar-refractivity contribution is 0.0788. The molecule has 0 aliphatic rings. The van der Waals surface area contributed by atoms with Crippen molar-refractivity contribution in [1.82, 2.24) is 19.3 Å². The molecule has 0 aliphatic heterocycles. The predicted molar refractivity (Wildman–Crippen MR) is 95.3 cm³/mol. The minimum Gasteiger partial charge on any atom is -0.335 e. The van der Waals surface area contributed by atoms with Crippen molar-refractivity contribution in [3.63, 3.8) is 0 Å². The summed E-state index contributed by atoms with van der Waals surface area (Å²) < 4.78 is 2.00. The van der Waals surface area contributed by atoms with Crippen LogP contribution in [0.1, 0.15) is 21.1 Å². The van der Waals surface area contributed by atoms with E-state index in [9.17, 15) is 4.79 Å². The molecule has 24 heavy (non-hydrogen) atoms. The SMILES string of the molecule is Cc1cccc(CN(C)C(=O)c2cc3c(nc4ccccn43)s2)n1. The molecule has 1 amide bonds. The molecule has 4 rings (SSSR count). The molecule has 120 valence electrons.